The second-order valence-electron chi connectivity index (χ2n) is 3.53. The molecule has 76 valence electrons. The summed E-state index contributed by atoms with van der Waals surface area (Å²) in [5.74, 6) is 0. The monoisotopic (exact) mass is 209 g/mol. The predicted molar refractivity (Wildman–Crippen MR) is 59.6 cm³/mol. The molecule has 14 heavy (non-hydrogen) atoms. The van der Waals surface area contributed by atoms with E-state index in [-0.39, 0.29) is 6.10 Å². The zero-order chi connectivity index (χ0) is 9.80. The molecule has 3 heteroatoms. The average molecular weight is 209 g/mol. The lowest BCUT2D eigenvalue weighted by molar-refractivity contribution is 0.149. The molecule has 1 heterocycles. The zero-order valence-corrected chi connectivity index (χ0v) is 8.83. The van der Waals surface area contributed by atoms with Crippen molar-refractivity contribution < 1.29 is 5.11 Å². The van der Waals surface area contributed by atoms with Crippen molar-refractivity contribution in [1.82, 2.24) is 5.32 Å². The first-order valence-corrected chi connectivity index (χ1v) is 5.85. The van der Waals surface area contributed by atoms with Gasteiger partial charge in [0.15, 0.2) is 0 Å². The van der Waals surface area contributed by atoms with E-state index >= 15 is 0 Å². The van der Waals surface area contributed by atoms with Crippen LogP contribution >= 0.6 is 11.8 Å². The van der Waals surface area contributed by atoms with Gasteiger partial charge in [-0.15, -0.1) is 11.8 Å². The van der Waals surface area contributed by atoms with E-state index in [1.54, 1.807) is 11.8 Å². The molecular weight excluding hydrogens is 194 g/mol. The summed E-state index contributed by atoms with van der Waals surface area (Å²) in [5.41, 5.74) is 0. The number of rotatable bonds is 2. The molecule has 1 aromatic rings. The van der Waals surface area contributed by atoms with Crippen LogP contribution in [-0.2, 0) is 0 Å². The Morgan fingerprint density at radius 2 is 2.07 bits per heavy atom. The van der Waals surface area contributed by atoms with Crippen molar-refractivity contribution in [3.63, 3.8) is 0 Å². The van der Waals surface area contributed by atoms with E-state index in [9.17, 15) is 5.11 Å². The van der Waals surface area contributed by atoms with Crippen molar-refractivity contribution in [2.24, 2.45) is 0 Å². The lowest BCUT2D eigenvalue weighted by Gasteiger charge is -2.27. The van der Waals surface area contributed by atoms with Gasteiger partial charge in [-0.1, -0.05) is 18.2 Å². The largest absolute Gasteiger partial charge is 0.391 e. The molecule has 1 saturated heterocycles. The maximum atomic E-state index is 9.75. The maximum absolute atomic E-state index is 9.75. The summed E-state index contributed by atoms with van der Waals surface area (Å²) in [6.07, 6.45) is 0.828. The summed E-state index contributed by atoms with van der Waals surface area (Å²) in [6, 6.07) is 10.3. The van der Waals surface area contributed by atoms with E-state index in [0.717, 1.165) is 19.5 Å². The number of β-amino-alcohol motifs (C(OH)–C–C–N with tert-alkyl or cyclic N) is 1. The first-order chi connectivity index (χ1) is 6.86. The van der Waals surface area contributed by atoms with Gasteiger partial charge in [-0.05, 0) is 25.1 Å². The van der Waals surface area contributed by atoms with E-state index in [4.69, 9.17) is 0 Å². The highest BCUT2D eigenvalue weighted by molar-refractivity contribution is 8.00. The van der Waals surface area contributed by atoms with Gasteiger partial charge in [0.05, 0.1) is 6.10 Å². The number of benzene rings is 1. The molecule has 0 amide bonds. The summed E-state index contributed by atoms with van der Waals surface area (Å²) >= 11 is 1.78. The maximum Gasteiger partial charge on any atom is 0.0786 e. The molecule has 2 rings (SSSR count). The van der Waals surface area contributed by atoms with Gasteiger partial charge in [-0.25, -0.2) is 0 Å². The summed E-state index contributed by atoms with van der Waals surface area (Å²) in [5, 5.41) is 13.3. The van der Waals surface area contributed by atoms with Crippen LogP contribution in [0.2, 0.25) is 0 Å². The fourth-order valence-electron chi connectivity index (χ4n) is 1.63. The van der Waals surface area contributed by atoms with Crippen LogP contribution < -0.4 is 5.32 Å². The van der Waals surface area contributed by atoms with Crippen molar-refractivity contribution in [3.8, 4) is 0 Å². The van der Waals surface area contributed by atoms with Crippen molar-refractivity contribution in [2.45, 2.75) is 22.7 Å². The molecule has 0 bridgehead atoms. The highest BCUT2D eigenvalue weighted by Crippen LogP contribution is 2.28. The van der Waals surface area contributed by atoms with Crippen LogP contribution in [0.5, 0.6) is 0 Å². The summed E-state index contributed by atoms with van der Waals surface area (Å²) in [6.45, 7) is 1.74. The molecule has 2 N–H and O–H groups in total. The Kier molecular flexibility index (Phi) is 3.45. The molecule has 2 atom stereocenters. The van der Waals surface area contributed by atoms with Crippen molar-refractivity contribution in [3.05, 3.63) is 30.3 Å². The fraction of sp³-hybridized carbons (Fsp3) is 0.455. The summed E-state index contributed by atoms with van der Waals surface area (Å²) in [4.78, 5) is 1.25. The molecule has 0 unspecified atom stereocenters. The number of aliphatic hydroxyl groups excluding tert-OH is 1. The second-order valence-corrected chi connectivity index (χ2v) is 4.84. The number of hydrogen-bond acceptors (Lipinski definition) is 3. The quantitative estimate of drug-likeness (QED) is 0.774. The van der Waals surface area contributed by atoms with Crippen LogP contribution in [0, 0.1) is 0 Å². The first-order valence-electron chi connectivity index (χ1n) is 4.97. The predicted octanol–water partition coefficient (Wildman–Crippen LogP) is 1.50. The lowest BCUT2D eigenvalue weighted by Crippen LogP contribution is -2.42. The van der Waals surface area contributed by atoms with E-state index in [1.165, 1.54) is 4.90 Å². The molecule has 1 aromatic carbocycles. The molecule has 0 saturated carbocycles. The van der Waals surface area contributed by atoms with Crippen molar-refractivity contribution >= 4 is 11.8 Å². The standard InChI is InChI=1S/C11H15NOS/c13-10-8-12-7-6-11(10)14-9-4-2-1-3-5-9/h1-5,10-13H,6-8H2/t10-,11-/m0/s1. The van der Waals surface area contributed by atoms with Gasteiger partial charge in [0.25, 0.3) is 0 Å². The Labute approximate surface area is 88.7 Å². The Balaban J connectivity index is 1.96. The van der Waals surface area contributed by atoms with Crippen molar-refractivity contribution in [1.29, 1.82) is 0 Å². The molecule has 0 aliphatic carbocycles. The van der Waals surface area contributed by atoms with Gasteiger partial charge in [-0.2, -0.15) is 0 Å². The van der Waals surface area contributed by atoms with Crippen LogP contribution in [0.25, 0.3) is 0 Å². The molecule has 1 aliphatic heterocycles. The Bertz CT molecular complexity index is 278. The Hall–Kier alpha value is -0.510. The topological polar surface area (TPSA) is 32.3 Å². The SMILES string of the molecule is O[C@H]1CNCC[C@@H]1Sc1ccccc1. The minimum atomic E-state index is -0.214. The smallest absolute Gasteiger partial charge is 0.0786 e. The van der Waals surface area contributed by atoms with E-state index in [2.05, 4.69) is 17.4 Å². The normalized spacial score (nSPS) is 27.5. The molecule has 1 aliphatic rings. The van der Waals surface area contributed by atoms with Crippen LogP contribution in [0.4, 0.5) is 0 Å². The molecule has 1 fully saturated rings. The van der Waals surface area contributed by atoms with Crippen molar-refractivity contribution in [2.75, 3.05) is 13.1 Å². The Morgan fingerprint density at radius 3 is 2.79 bits per heavy atom. The number of aliphatic hydroxyl groups is 1. The van der Waals surface area contributed by atoms with Gasteiger partial charge in [0.1, 0.15) is 0 Å². The zero-order valence-electron chi connectivity index (χ0n) is 8.02. The lowest BCUT2D eigenvalue weighted by atomic mass is 10.1. The second kappa shape index (κ2) is 4.82. The molecule has 0 aromatic heterocycles. The molecule has 0 radical (unpaired) electrons. The molecule has 0 spiro atoms. The number of thioether (sulfide) groups is 1. The van der Waals surface area contributed by atoms with E-state index in [0.29, 0.717) is 5.25 Å². The minimum absolute atomic E-state index is 0.214. The third-order valence-electron chi connectivity index (χ3n) is 2.42. The van der Waals surface area contributed by atoms with Gasteiger partial charge in [0, 0.05) is 16.7 Å². The van der Waals surface area contributed by atoms with E-state index in [1.807, 2.05) is 18.2 Å². The number of nitrogens with one attached hydrogen (secondary N) is 1. The fourth-order valence-corrected chi connectivity index (χ4v) is 2.78. The minimum Gasteiger partial charge on any atom is -0.391 e. The van der Waals surface area contributed by atoms with Crippen LogP contribution in [-0.4, -0.2) is 29.5 Å². The number of piperidine rings is 1. The number of hydrogen-bond donors (Lipinski definition) is 2. The summed E-state index contributed by atoms with van der Waals surface area (Å²) < 4.78 is 0. The van der Waals surface area contributed by atoms with Crippen LogP contribution in [0.3, 0.4) is 0 Å². The summed E-state index contributed by atoms with van der Waals surface area (Å²) in [7, 11) is 0. The van der Waals surface area contributed by atoms with Gasteiger partial charge >= 0.3 is 0 Å². The first kappa shape index (κ1) is 10.0. The molecular formula is C11H15NOS. The molecule has 2 nitrogen and oxygen atoms in total. The van der Waals surface area contributed by atoms with E-state index < -0.39 is 0 Å². The van der Waals surface area contributed by atoms with Gasteiger partial charge in [-0.3, -0.25) is 0 Å². The van der Waals surface area contributed by atoms with Crippen LogP contribution in [0.1, 0.15) is 6.42 Å². The average Bonchev–Trinajstić information content (AvgIpc) is 2.23. The third-order valence-corrected chi connectivity index (χ3v) is 3.82. The third kappa shape index (κ3) is 2.50. The van der Waals surface area contributed by atoms with Gasteiger partial charge in [0.2, 0.25) is 0 Å². The van der Waals surface area contributed by atoms with Gasteiger partial charge < -0.3 is 10.4 Å². The highest BCUT2D eigenvalue weighted by Gasteiger charge is 2.23. The highest BCUT2D eigenvalue weighted by atomic mass is 32.2. The Morgan fingerprint density at radius 1 is 1.29 bits per heavy atom. The van der Waals surface area contributed by atoms with Crippen LogP contribution in [0.15, 0.2) is 35.2 Å².